The van der Waals surface area contributed by atoms with E-state index in [0.717, 1.165) is 80.4 Å². The highest BCUT2D eigenvalue weighted by atomic mass is 16.7. The van der Waals surface area contributed by atoms with Crippen molar-refractivity contribution in [1.29, 1.82) is 0 Å². The fourth-order valence-corrected chi connectivity index (χ4v) is 7.33. The van der Waals surface area contributed by atoms with Gasteiger partial charge in [0.2, 0.25) is 5.91 Å². The zero-order chi connectivity index (χ0) is 39.5. The summed E-state index contributed by atoms with van der Waals surface area (Å²) in [4.78, 5) is 67.8. The first kappa shape index (κ1) is 43.5. The predicted octanol–water partition coefficient (Wildman–Crippen LogP) is -1.57. The molecule has 4 rings (SSSR count). The van der Waals surface area contributed by atoms with E-state index < -0.39 is 102 Å². The Bertz CT molecular complexity index is 1490. The quantitative estimate of drug-likeness (QED) is 0.0685. The van der Waals surface area contributed by atoms with E-state index in [1.165, 1.54) is 7.05 Å². The molecular weight excluding hydrogens is 716 g/mol. The molecular formula is C35H56N4O15. The molecule has 0 radical (unpaired) electrons. The van der Waals surface area contributed by atoms with Gasteiger partial charge in [-0.3, -0.25) is 23.9 Å². The van der Waals surface area contributed by atoms with Crippen molar-refractivity contribution in [2.24, 2.45) is 11.7 Å². The van der Waals surface area contributed by atoms with Crippen LogP contribution in [0.5, 0.6) is 0 Å². The Balaban J connectivity index is 1.53. The van der Waals surface area contributed by atoms with E-state index in [1.54, 1.807) is 7.11 Å². The van der Waals surface area contributed by atoms with E-state index in [-0.39, 0.29) is 25.8 Å². The van der Waals surface area contributed by atoms with Gasteiger partial charge in [0.05, 0.1) is 13.0 Å². The third-order valence-corrected chi connectivity index (χ3v) is 10.4. The number of aliphatic hydroxyl groups is 4. The number of nitrogens with two attached hydrogens (primary N) is 1. The number of aromatic amines is 1. The maximum absolute atomic E-state index is 14.3. The number of likely N-dealkylation sites (N-methyl/N-ethyl adjacent to an activating group) is 1. The number of nitrogens with one attached hydrogen (secondary N) is 1. The number of likely N-dealkylation sites (tertiary alicyclic amines) is 1. The van der Waals surface area contributed by atoms with Gasteiger partial charge in [0.15, 0.2) is 18.6 Å². The smallest absolute Gasteiger partial charge is 0.332 e. The monoisotopic (exact) mass is 772 g/mol. The molecule has 19 nitrogen and oxygen atoms in total. The Morgan fingerprint density at radius 3 is 2.20 bits per heavy atom. The van der Waals surface area contributed by atoms with Crippen LogP contribution in [0.2, 0.25) is 0 Å². The molecule has 3 aliphatic heterocycles. The molecule has 54 heavy (non-hydrogen) atoms. The minimum Gasteiger partial charge on any atom is -0.467 e. The molecule has 0 saturated carbocycles. The maximum atomic E-state index is 14.3. The fourth-order valence-electron chi connectivity index (χ4n) is 7.33. The van der Waals surface area contributed by atoms with Gasteiger partial charge in [-0.15, -0.1) is 0 Å². The highest BCUT2D eigenvalue weighted by molar-refractivity contribution is 5.87. The van der Waals surface area contributed by atoms with Crippen LogP contribution in [0.1, 0.15) is 76.9 Å². The van der Waals surface area contributed by atoms with E-state index in [1.807, 2.05) is 4.98 Å². The molecule has 3 aliphatic rings. The Morgan fingerprint density at radius 2 is 1.59 bits per heavy atom. The molecule has 3 fully saturated rings. The summed E-state index contributed by atoms with van der Waals surface area (Å²) in [6.45, 7) is 0.556. The number of rotatable bonds is 19. The summed E-state index contributed by atoms with van der Waals surface area (Å²) in [5, 5.41) is 43.6. The molecule has 0 spiro atoms. The number of nitrogens with zero attached hydrogens (tertiary/aromatic N) is 2. The van der Waals surface area contributed by atoms with Gasteiger partial charge in [-0.05, 0) is 25.7 Å². The van der Waals surface area contributed by atoms with Crippen molar-refractivity contribution in [3.8, 4) is 0 Å². The minimum absolute atomic E-state index is 0.0640. The van der Waals surface area contributed by atoms with Crippen molar-refractivity contribution < 1.29 is 63.2 Å². The van der Waals surface area contributed by atoms with Crippen molar-refractivity contribution in [3.05, 3.63) is 33.1 Å². The molecule has 0 aromatic carbocycles. The van der Waals surface area contributed by atoms with Crippen LogP contribution in [0.4, 0.5) is 0 Å². The molecule has 7 N–H and O–H groups in total. The second kappa shape index (κ2) is 20.6. The second-order valence-corrected chi connectivity index (χ2v) is 14.1. The first-order chi connectivity index (χ1) is 25.8. The molecule has 19 heteroatoms. The summed E-state index contributed by atoms with van der Waals surface area (Å²) in [5.74, 6) is -3.44. The van der Waals surface area contributed by atoms with E-state index in [0.29, 0.717) is 6.42 Å². The van der Waals surface area contributed by atoms with Gasteiger partial charge in [0, 0.05) is 46.0 Å². The number of ether oxygens (including phenoxy) is 6. The molecule has 12 atom stereocenters. The highest BCUT2D eigenvalue weighted by Crippen LogP contribution is 2.39. The van der Waals surface area contributed by atoms with Gasteiger partial charge < -0.3 is 59.5 Å². The molecule has 1 amide bonds. The zero-order valence-corrected chi connectivity index (χ0v) is 31.0. The topological polar surface area (TPSA) is 272 Å². The molecule has 0 bridgehead atoms. The lowest BCUT2D eigenvalue weighted by molar-refractivity contribution is -0.233. The van der Waals surface area contributed by atoms with Crippen LogP contribution in [0.3, 0.4) is 0 Å². The van der Waals surface area contributed by atoms with Crippen molar-refractivity contribution in [3.63, 3.8) is 0 Å². The number of aromatic nitrogens is 2. The number of H-pyrrole nitrogens is 1. The van der Waals surface area contributed by atoms with Gasteiger partial charge in [-0.1, -0.05) is 38.5 Å². The molecule has 1 aromatic rings. The van der Waals surface area contributed by atoms with Crippen molar-refractivity contribution in [2.75, 3.05) is 34.4 Å². The molecule has 3 saturated heterocycles. The van der Waals surface area contributed by atoms with Crippen LogP contribution in [0, 0.1) is 5.92 Å². The van der Waals surface area contributed by atoms with Crippen LogP contribution >= 0.6 is 0 Å². The van der Waals surface area contributed by atoms with Crippen molar-refractivity contribution in [2.45, 2.75) is 138 Å². The van der Waals surface area contributed by atoms with Gasteiger partial charge in [0.1, 0.15) is 48.8 Å². The number of methoxy groups -OCH3 is 2. The molecule has 4 heterocycles. The summed E-state index contributed by atoms with van der Waals surface area (Å²) in [5.41, 5.74) is 4.01. The van der Waals surface area contributed by atoms with Crippen LogP contribution in [0.25, 0.3) is 0 Å². The van der Waals surface area contributed by atoms with E-state index in [2.05, 4.69) is 0 Å². The lowest BCUT2D eigenvalue weighted by Gasteiger charge is -2.35. The second-order valence-electron chi connectivity index (χ2n) is 14.1. The Morgan fingerprint density at radius 1 is 0.926 bits per heavy atom. The highest BCUT2D eigenvalue weighted by Gasteiger charge is 2.56. The summed E-state index contributed by atoms with van der Waals surface area (Å²) >= 11 is 0. The normalized spacial score (nSPS) is 32.0. The molecule has 306 valence electrons. The third-order valence-electron chi connectivity index (χ3n) is 10.4. The molecule has 0 aliphatic carbocycles. The minimum atomic E-state index is -1.81. The molecule has 1 aromatic heterocycles. The number of hydrogen-bond donors (Lipinski definition) is 6. The van der Waals surface area contributed by atoms with Crippen molar-refractivity contribution in [1.82, 2.24) is 14.5 Å². The summed E-state index contributed by atoms with van der Waals surface area (Å²) in [7, 11) is 4.13. The Kier molecular flexibility index (Phi) is 16.6. The lowest BCUT2D eigenvalue weighted by Crippen LogP contribution is -2.54. The van der Waals surface area contributed by atoms with Gasteiger partial charge >= 0.3 is 17.6 Å². The van der Waals surface area contributed by atoms with Crippen LogP contribution in [-0.2, 0) is 42.8 Å². The standard InChI is InChI=1S/C35H56N4O15/c1-38-24(33(47)50-3)20(51-23(41)12-10-8-6-4-5-7-9-11-17-49-2)14-13-19(31(38)46)29(54-34-28(45)25(42)21(18-36)52-34)30-26(43)27(44)32(53-30)39-16-15-22(40)37-35(39)48/h15-16,19-21,24-30,32,34,42-45H,4-14,17-18,36H2,1-3H3,(H,37,40,48)/t19-,20-,21?,24-,25?,26?,27?,28?,29-,30?,32?,34?/m0/s1. The number of aliphatic hydroxyl groups excluding tert-OH is 4. The first-order valence-corrected chi connectivity index (χ1v) is 18.6. The predicted molar refractivity (Wildman–Crippen MR) is 186 cm³/mol. The van der Waals surface area contributed by atoms with Gasteiger partial charge in [0.25, 0.3) is 5.56 Å². The van der Waals surface area contributed by atoms with E-state index in [4.69, 9.17) is 34.2 Å². The number of amides is 1. The van der Waals surface area contributed by atoms with Gasteiger partial charge in [-0.2, -0.15) is 0 Å². The zero-order valence-electron chi connectivity index (χ0n) is 31.0. The SMILES string of the molecule is COCCCCCCCCCCC(=O)O[C@H]1CC[C@@H]([C@H](OC2OC(CN)C(O)C2O)C2OC(n3ccc(=O)[nH]c3=O)C(O)C2O)C(=O)N(C)[C@@H]1C(=O)OC. The number of carbonyl (C=O) groups is 3. The number of esters is 2. The number of unbranched alkanes of at least 4 members (excludes halogenated alkanes) is 7. The van der Waals surface area contributed by atoms with Crippen molar-refractivity contribution >= 4 is 17.8 Å². The van der Waals surface area contributed by atoms with Gasteiger partial charge in [-0.25, -0.2) is 9.59 Å². The summed E-state index contributed by atoms with van der Waals surface area (Å²) in [6, 6.07) is -0.354. The Hall–Kier alpha value is -3.27. The summed E-state index contributed by atoms with van der Waals surface area (Å²) in [6.07, 6.45) is -6.51. The first-order valence-electron chi connectivity index (χ1n) is 18.6. The lowest BCUT2D eigenvalue weighted by atomic mass is 9.89. The van der Waals surface area contributed by atoms with Crippen LogP contribution in [-0.4, -0.2) is 148 Å². The summed E-state index contributed by atoms with van der Waals surface area (Å²) < 4.78 is 34.5. The maximum Gasteiger partial charge on any atom is 0.332 e. The number of hydrogen-bond acceptors (Lipinski definition) is 16. The number of carbonyl (C=O) groups excluding carboxylic acids is 3. The van der Waals surface area contributed by atoms with E-state index >= 15 is 0 Å². The molecule has 8 unspecified atom stereocenters. The Labute approximate surface area is 312 Å². The average molecular weight is 773 g/mol. The average Bonchev–Trinajstić information content (AvgIpc) is 3.55. The van der Waals surface area contributed by atoms with E-state index in [9.17, 15) is 44.4 Å². The largest absolute Gasteiger partial charge is 0.467 e. The van der Waals surface area contributed by atoms with Crippen LogP contribution in [0.15, 0.2) is 21.9 Å². The fraction of sp³-hybridized carbons (Fsp3) is 0.800. The third kappa shape index (κ3) is 10.5. The van der Waals surface area contributed by atoms with Crippen LogP contribution < -0.4 is 17.0 Å².